The van der Waals surface area contributed by atoms with E-state index in [4.69, 9.17) is 4.74 Å². The van der Waals surface area contributed by atoms with Crippen molar-refractivity contribution >= 4 is 11.8 Å². The molecule has 6 heteroatoms. The molecule has 0 bridgehead atoms. The third-order valence-corrected chi connectivity index (χ3v) is 5.87. The largest absolute Gasteiger partial charge is 0.381 e. The van der Waals surface area contributed by atoms with Gasteiger partial charge in [0.2, 0.25) is 11.8 Å². The van der Waals surface area contributed by atoms with E-state index in [1.165, 1.54) is 5.56 Å². The lowest BCUT2D eigenvalue weighted by atomic mass is 9.74. The van der Waals surface area contributed by atoms with Gasteiger partial charge in [-0.3, -0.25) is 14.5 Å². The molecule has 2 saturated heterocycles. The van der Waals surface area contributed by atoms with Crippen LogP contribution in [0.2, 0.25) is 0 Å². The number of carbonyl (C=O) groups excluding carboxylic acids is 2. The fourth-order valence-corrected chi connectivity index (χ4v) is 4.20. The van der Waals surface area contributed by atoms with Gasteiger partial charge in [0.1, 0.15) is 0 Å². The Hall–Kier alpha value is -1.92. The van der Waals surface area contributed by atoms with Crippen molar-refractivity contribution < 1.29 is 14.3 Å². The van der Waals surface area contributed by atoms with Gasteiger partial charge < -0.3 is 15.4 Å². The summed E-state index contributed by atoms with van der Waals surface area (Å²) in [6.07, 6.45) is 1.98. The average Bonchev–Trinajstić information content (AvgIpc) is 2.69. The van der Waals surface area contributed by atoms with E-state index in [0.29, 0.717) is 26.3 Å². The molecule has 0 aromatic heterocycles. The fourth-order valence-electron chi connectivity index (χ4n) is 4.20. The zero-order chi connectivity index (χ0) is 19.3. The summed E-state index contributed by atoms with van der Waals surface area (Å²) in [5.41, 5.74) is 1.15. The van der Waals surface area contributed by atoms with E-state index in [1.54, 1.807) is 0 Å². The van der Waals surface area contributed by atoms with E-state index in [9.17, 15) is 9.59 Å². The van der Waals surface area contributed by atoms with Gasteiger partial charge in [-0.2, -0.15) is 0 Å². The zero-order valence-electron chi connectivity index (χ0n) is 16.4. The van der Waals surface area contributed by atoms with Crippen molar-refractivity contribution in [1.29, 1.82) is 0 Å². The number of benzene rings is 1. The summed E-state index contributed by atoms with van der Waals surface area (Å²) in [5.74, 6) is -0.113. The molecule has 148 valence electrons. The lowest BCUT2D eigenvalue weighted by Gasteiger charge is -2.39. The third-order valence-electron chi connectivity index (χ3n) is 5.87. The molecule has 0 aliphatic carbocycles. The Kier molecular flexibility index (Phi) is 6.50. The van der Waals surface area contributed by atoms with Crippen LogP contribution >= 0.6 is 0 Å². The smallest absolute Gasteiger partial charge is 0.237 e. The summed E-state index contributed by atoms with van der Waals surface area (Å²) in [5, 5.41) is 6.00. The lowest BCUT2D eigenvalue weighted by Crippen LogP contribution is -2.58. The summed E-state index contributed by atoms with van der Waals surface area (Å²) in [6, 6.07) is 10.2. The Labute approximate surface area is 161 Å². The Morgan fingerprint density at radius 1 is 1.30 bits per heavy atom. The highest BCUT2D eigenvalue weighted by molar-refractivity contribution is 5.88. The number of amides is 2. The molecule has 0 saturated carbocycles. The predicted octanol–water partition coefficient (Wildman–Crippen LogP) is 1.45. The minimum absolute atomic E-state index is 0.0473. The molecule has 1 atom stereocenters. The average molecular weight is 373 g/mol. The number of hydrogen-bond donors (Lipinski definition) is 2. The normalized spacial score (nSPS) is 23.1. The van der Waals surface area contributed by atoms with Gasteiger partial charge in [-0.05, 0) is 32.3 Å². The second kappa shape index (κ2) is 8.85. The minimum Gasteiger partial charge on any atom is -0.381 e. The van der Waals surface area contributed by atoms with Crippen molar-refractivity contribution in [3.63, 3.8) is 0 Å². The highest BCUT2D eigenvalue weighted by Gasteiger charge is 2.36. The van der Waals surface area contributed by atoms with Crippen molar-refractivity contribution in [3.05, 3.63) is 35.9 Å². The van der Waals surface area contributed by atoms with E-state index >= 15 is 0 Å². The first-order valence-electron chi connectivity index (χ1n) is 9.95. The molecule has 1 aromatic carbocycles. The van der Waals surface area contributed by atoms with E-state index < -0.39 is 0 Å². The monoisotopic (exact) mass is 373 g/mol. The number of ether oxygens (including phenoxy) is 1. The number of hydrogen-bond acceptors (Lipinski definition) is 4. The molecule has 0 spiro atoms. The molecule has 0 radical (unpaired) electrons. The van der Waals surface area contributed by atoms with Gasteiger partial charge in [0.05, 0.1) is 12.5 Å². The van der Waals surface area contributed by atoms with Crippen LogP contribution < -0.4 is 10.6 Å². The summed E-state index contributed by atoms with van der Waals surface area (Å²) in [6.45, 7) is 7.55. The second-order valence-corrected chi connectivity index (χ2v) is 7.88. The van der Waals surface area contributed by atoms with Crippen LogP contribution in [-0.2, 0) is 19.7 Å². The summed E-state index contributed by atoms with van der Waals surface area (Å²) < 4.78 is 5.56. The molecule has 2 heterocycles. The van der Waals surface area contributed by atoms with Crippen molar-refractivity contribution in [2.45, 2.75) is 50.6 Å². The molecule has 1 aromatic rings. The topological polar surface area (TPSA) is 70.7 Å². The first kappa shape index (κ1) is 19.8. The summed E-state index contributed by atoms with van der Waals surface area (Å²) in [7, 11) is 0. The molecule has 3 rings (SSSR count). The quantitative estimate of drug-likeness (QED) is 0.792. The van der Waals surface area contributed by atoms with Crippen LogP contribution in [0.15, 0.2) is 30.3 Å². The Morgan fingerprint density at radius 3 is 2.67 bits per heavy atom. The molecule has 2 aliphatic heterocycles. The number of carbonyl (C=O) groups is 2. The lowest BCUT2D eigenvalue weighted by molar-refractivity contribution is -0.135. The molecule has 2 N–H and O–H groups in total. The van der Waals surface area contributed by atoms with Crippen LogP contribution in [0.4, 0.5) is 0 Å². The SMILES string of the molecule is CC(C)N1CCNC(=O)C1CC(=O)NCC1(c2ccccc2)CCOCC1. The molecule has 27 heavy (non-hydrogen) atoms. The van der Waals surface area contributed by atoms with Gasteiger partial charge in [0, 0.05) is 44.3 Å². The van der Waals surface area contributed by atoms with Gasteiger partial charge in [-0.15, -0.1) is 0 Å². The van der Waals surface area contributed by atoms with Gasteiger partial charge in [-0.25, -0.2) is 0 Å². The number of rotatable bonds is 6. The highest BCUT2D eigenvalue weighted by atomic mass is 16.5. The number of nitrogens with one attached hydrogen (secondary N) is 2. The fraction of sp³-hybridized carbons (Fsp3) is 0.619. The van der Waals surface area contributed by atoms with Crippen molar-refractivity contribution in [2.75, 3.05) is 32.8 Å². The van der Waals surface area contributed by atoms with Gasteiger partial charge in [-0.1, -0.05) is 30.3 Å². The van der Waals surface area contributed by atoms with Gasteiger partial charge >= 0.3 is 0 Å². The number of nitrogens with zero attached hydrogens (tertiary/aromatic N) is 1. The number of piperazine rings is 1. The van der Waals surface area contributed by atoms with E-state index in [2.05, 4.69) is 41.5 Å². The van der Waals surface area contributed by atoms with Crippen LogP contribution in [-0.4, -0.2) is 61.6 Å². The zero-order valence-corrected chi connectivity index (χ0v) is 16.4. The van der Waals surface area contributed by atoms with Crippen LogP contribution in [0.1, 0.15) is 38.7 Å². The summed E-state index contributed by atoms with van der Waals surface area (Å²) >= 11 is 0. The van der Waals surface area contributed by atoms with Crippen molar-refractivity contribution in [3.8, 4) is 0 Å². The maximum Gasteiger partial charge on any atom is 0.237 e. The highest BCUT2D eigenvalue weighted by Crippen LogP contribution is 2.34. The van der Waals surface area contributed by atoms with E-state index in [-0.39, 0.29) is 35.7 Å². The Morgan fingerprint density at radius 2 is 2.00 bits per heavy atom. The molecule has 2 fully saturated rings. The van der Waals surface area contributed by atoms with Crippen molar-refractivity contribution in [2.24, 2.45) is 0 Å². The standard InChI is InChI=1S/C21H31N3O3/c1-16(2)24-11-10-22-20(26)18(24)14-19(25)23-15-21(8-12-27-13-9-21)17-6-4-3-5-7-17/h3-7,16,18H,8-15H2,1-2H3,(H,22,26)(H,23,25). The molecular weight excluding hydrogens is 342 g/mol. The third kappa shape index (κ3) is 4.68. The predicted molar refractivity (Wildman–Crippen MR) is 104 cm³/mol. The van der Waals surface area contributed by atoms with Gasteiger partial charge in [0.25, 0.3) is 0 Å². The summed E-state index contributed by atoms with van der Waals surface area (Å²) in [4.78, 5) is 27.1. The molecular formula is C21H31N3O3. The van der Waals surface area contributed by atoms with Crippen LogP contribution in [0.3, 0.4) is 0 Å². The second-order valence-electron chi connectivity index (χ2n) is 7.88. The molecule has 2 aliphatic rings. The Bertz CT molecular complexity index is 641. The van der Waals surface area contributed by atoms with Crippen LogP contribution in [0.25, 0.3) is 0 Å². The Balaban J connectivity index is 1.65. The maximum absolute atomic E-state index is 12.7. The van der Waals surface area contributed by atoms with Gasteiger partial charge in [0.15, 0.2) is 0 Å². The van der Waals surface area contributed by atoms with Crippen molar-refractivity contribution in [1.82, 2.24) is 15.5 Å². The minimum atomic E-state index is -0.388. The van der Waals surface area contributed by atoms with E-state index in [0.717, 1.165) is 19.4 Å². The first-order valence-corrected chi connectivity index (χ1v) is 9.95. The molecule has 1 unspecified atom stereocenters. The molecule has 6 nitrogen and oxygen atoms in total. The van der Waals surface area contributed by atoms with Crippen LogP contribution in [0, 0.1) is 0 Å². The van der Waals surface area contributed by atoms with Crippen LogP contribution in [0.5, 0.6) is 0 Å². The molecule has 2 amide bonds. The van der Waals surface area contributed by atoms with E-state index in [1.807, 2.05) is 18.2 Å². The maximum atomic E-state index is 12.7. The first-order chi connectivity index (χ1) is 13.0.